The second kappa shape index (κ2) is 9.58. The van der Waals surface area contributed by atoms with Crippen molar-refractivity contribution < 1.29 is 19.4 Å². The van der Waals surface area contributed by atoms with Crippen LogP contribution < -0.4 is 10.6 Å². The van der Waals surface area contributed by atoms with Crippen LogP contribution in [-0.4, -0.2) is 43.4 Å². The third kappa shape index (κ3) is 6.75. The minimum Gasteiger partial charge on any atom is -0.481 e. The number of rotatable bonds is 8. The highest BCUT2D eigenvalue weighted by Crippen LogP contribution is 2.24. The molecule has 0 aliphatic heterocycles. The number of carbonyl (C=O) groups excluding carboxylic acids is 1. The van der Waals surface area contributed by atoms with Crippen molar-refractivity contribution in [2.45, 2.75) is 51.0 Å². The number of carboxylic acid groups (broad SMARTS) is 1. The topological polar surface area (TPSA) is 87.7 Å². The molecule has 3 N–H and O–H groups in total. The fourth-order valence-corrected chi connectivity index (χ4v) is 2.47. The first kappa shape index (κ1) is 16.8. The number of unbranched alkanes of at least 4 members (excludes halogenated alkanes) is 2. The summed E-state index contributed by atoms with van der Waals surface area (Å²) in [6.07, 6.45) is 5.80. The van der Waals surface area contributed by atoms with E-state index in [0.29, 0.717) is 19.4 Å². The highest BCUT2D eigenvalue weighted by Gasteiger charge is 2.26. The van der Waals surface area contributed by atoms with Gasteiger partial charge in [-0.2, -0.15) is 0 Å². The molecule has 0 unspecified atom stereocenters. The number of urea groups is 1. The molecule has 0 aromatic carbocycles. The highest BCUT2D eigenvalue weighted by molar-refractivity contribution is 5.74. The molecule has 116 valence electrons. The molecule has 0 aromatic heterocycles. The lowest BCUT2D eigenvalue weighted by atomic mass is 9.86. The van der Waals surface area contributed by atoms with Crippen LogP contribution in [-0.2, 0) is 9.53 Å². The summed E-state index contributed by atoms with van der Waals surface area (Å²) < 4.78 is 4.95. The molecular formula is C14H26N2O4. The third-order valence-electron chi connectivity index (χ3n) is 3.72. The van der Waals surface area contributed by atoms with Crippen molar-refractivity contribution in [2.24, 2.45) is 5.92 Å². The van der Waals surface area contributed by atoms with Crippen LogP contribution in [0.25, 0.3) is 0 Å². The molecule has 0 heterocycles. The molecule has 6 heteroatoms. The maximum absolute atomic E-state index is 11.7. The molecule has 1 saturated carbocycles. The molecular weight excluding hydrogens is 260 g/mol. The van der Waals surface area contributed by atoms with Gasteiger partial charge in [0, 0.05) is 26.3 Å². The minimum absolute atomic E-state index is 0.110. The Bertz CT molecular complexity index is 302. The second-order valence-electron chi connectivity index (χ2n) is 5.34. The first-order valence-corrected chi connectivity index (χ1v) is 7.39. The Morgan fingerprint density at radius 2 is 1.85 bits per heavy atom. The van der Waals surface area contributed by atoms with Gasteiger partial charge in [0.2, 0.25) is 0 Å². The van der Waals surface area contributed by atoms with Gasteiger partial charge in [-0.25, -0.2) is 4.79 Å². The fourth-order valence-electron chi connectivity index (χ4n) is 2.47. The smallest absolute Gasteiger partial charge is 0.315 e. The second-order valence-corrected chi connectivity index (χ2v) is 5.34. The molecule has 20 heavy (non-hydrogen) atoms. The summed E-state index contributed by atoms with van der Waals surface area (Å²) in [5, 5.41) is 14.6. The molecule has 1 rings (SSSR count). The van der Waals surface area contributed by atoms with Gasteiger partial charge in [-0.3, -0.25) is 4.79 Å². The van der Waals surface area contributed by atoms with Crippen LogP contribution in [0.2, 0.25) is 0 Å². The van der Waals surface area contributed by atoms with Crippen molar-refractivity contribution in [3.63, 3.8) is 0 Å². The fraction of sp³-hybridized carbons (Fsp3) is 0.857. The first-order valence-electron chi connectivity index (χ1n) is 7.39. The van der Waals surface area contributed by atoms with Gasteiger partial charge < -0.3 is 20.5 Å². The molecule has 1 aliphatic carbocycles. The van der Waals surface area contributed by atoms with E-state index in [1.54, 1.807) is 7.11 Å². The van der Waals surface area contributed by atoms with Crippen molar-refractivity contribution in [1.29, 1.82) is 0 Å². The molecule has 0 saturated heterocycles. The third-order valence-corrected chi connectivity index (χ3v) is 3.72. The number of carbonyl (C=O) groups is 2. The molecule has 1 fully saturated rings. The standard InChI is InChI=1S/C14H26N2O4/c1-20-10-4-2-3-9-15-14(19)16-12-7-5-11(6-8-12)13(17)18/h11-12H,2-10H2,1H3,(H,17,18)(H2,15,16,19). The minimum atomic E-state index is -0.719. The number of methoxy groups -OCH3 is 1. The summed E-state index contributed by atoms with van der Waals surface area (Å²) in [5.74, 6) is -0.958. The van der Waals surface area contributed by atoms with Crippen LogP contribution in [0.5, 0.6) is 0 Å². The van der Waals surface area contributed by atoms with Crippen LogP contribution >= 0.6 is 0 Å². The largest absolute Gasteiger partial charge is 0.481 e. The number of amides is 2. The van der Waals surface area contributed by atoms with E-state index >= 15 is 0 Å². The van der Waals surface area contributed by atoms with E-state index in [4.69, 9.17) is 9.84 Å². The van der Waals surface area contributed by atoms with Gasteiger partial charge >= 0.3 is 12.0 Å². The van der Waals surface area contributed by atoms with Crippen molar-refractivity contribution in [2.75, 3.05) is 20.3 Å². The lowest BCUT2D eigenvalue weighted by molar-refractivity contribution is -0.142. The summed E-state index contributed by atoms with van der Waals surface area (Å²) in [6, 6.07) is -0.0328. The Kier molecular flexibility index (Phi) is 8.02. The average Bonchev–Trinajstić information content (AvgIpc) is 2.43. The monoisotopic (exact) mass is 286 g/mol. The molecule has 0 atom stereocenters. The summed E-state index contributed by atoms with van der Waals surface area (Å²) in [6.45, 7) is 1.43. The number of hydrogen-bond acceptors (Lipinski definition) is 3. The summed E-state index contributed by atoms with van der Waals surface area (Å²) in [4.78, 5) is 22.5. The predicted molar refractivity (Wildman–Crippen MR) is 75.6 cm³/mol. The van der Waals surface area contributed by atoms with E-state index in [-0.39, 0.29) is 18.0 Å². The summed E-state index contributed by atoms with van der Waals surface area (Å²) >= 11 is 0. The van der Waals surface area contributed by atoms with Crippen LogP contribution in [0.1, 0.15) is 44.9 Å². The molecule has 0 aromatic rings. The van der Waals surface area contributed by atoms with E-state index in [1.165, 1.54) is 0 Å². The van der Waals surface area contributed by atoms with Crippen molar-refractivity contribution in [1.82, 2.24) is 10.6 Å². The quantitative estimate of drug-likeness (QED) is 0.593. The summed E-state index contributed by atoms with van der Waals surface area (Å²) in [5.41, 5.74) is 0. The Morgan fingerprint density at radius 1 is 1.15 bits per heavy atom. The number of carboxylic acids is 1. The number of aliphatic carboxylic acids is 1. The van der Waals surface area contributed by atoms with Crippen LogP contribution in [0, 0.1) is 5.92 Å². The zero-order valence-electron chi connectivity index (χ0n) is 12.2. The van der Waals surface area contributed by atoms with Gasteiger partial charge in [-0.1, -0.05) is 0 Å². The van der Waals surface area contributed by atoms with E-state index in [9.17, 15) is 9.59 Å². The van der Waals surface area contributed by atoms with E-state index in [0.717, 1.165) is 38.7 Å². The molecule has 1 aliphatic rings. The van der Waals surface area contributed by atoms with E-state index in [2.05, 4.69) is 10.6 Å². The Labute approximate surface area is 120 Å². The number of ether oxygens (including phenoxy) is 1. The first-order chi connectivity index (χ1) is 9.63. The Morgan fingerprint density at radius 3 is 2.45 bits per heavy atom. The maximum atomic E-state index is 11.7. The zero-order chi connectivity index (χ0) is 14.8. The molecule has 0 radical (unpaired) electrons. The molecule has 0 bridgehead atoms. The molecule has 6 nitrogen and oxygen atoms in total. The van der Waals surface area contributed by atoms with Crippen molar-refractivity contribution in [3.05, 3.63) is 0 Å². The molecule has 0 spiro atoms. The van der Waals surface area contributed by atoms with Crippen LogP contribution in [0.3, 0.4) is 0 Å². The predicted octanol–water partition coefficient (Wildman–Crippen LogP) is 1.75. The lowest BCUT2D eigenvalue weighted by Gasteiger charge is -2.26. The van der Waals surface area contributed by atoms with Crippen LogP contribution in [0.15, 0.2) is 0 Å². The average molecular weight is 286 g/mol. The van der Waals surface area contributed by atoms with Gasteiger partial charge in [0.05, 0.1) is 5.92 Å². The normalized spacial score (nSPS) is 22.2. The van der Waals surface area contributed by atoms with Gasteiger partial charge in [0.25, 0.3) is 0 Å². The number of hydrogen-bond donors (Lipinski definition) is 3. The van der Waals surface area contributed by atoms with E-state index in [1.807, 2.05) is 0 Å². The van der Waals surface area contributed by atoms with Crippen LogP contribution in [0.4, 0.5) is 4.79 Å². The lowest BCUT2D eigenvalue weighted by Crippen LogP contribution is -2.44. The molecule has 2 amide bonds. The van der Waals surface area contributed by atoms with Gasteiger partial charge in [0.1, 0.15) is 0 Å². The maximum Gasteiger partial charge on any atom is 0.315 e. The summed E-state index contributed by atoms with van der Waals surface area (Å²) in [7, 11) is 1.69. The van der Waals surface area contributed by atoms with Gasteiger partial charge in [-0.05, 0) is 44.9 Å². The highest BCUT2D eigenvalue weighted by atomic mass is 16.5. The SMILES string of the molecule is COCCCCCNC(=O)NC1CCC(C(=O)O)CC1. The van der Waals surface area contributed by atoms with Gasteiger partial charge in [-0.15, -0.1) is 0 Å². The van der Waals surface area contributed by atoms with Gasteiger partial charge in [0.15, 0.2) is 0 Å². The van der Waals surface area contributed by atoms with Crippen molar-refractivity contribution in [3.8, 4) is 0 Å². The number of nitrogens with one attached hydrogen (secondary N) is 2. The Hall–Kier alpha value is -1.30. The van der Waals surface area contributed by atoms with Crippen molar-refractivity contribution >= 4 is 12.0 Å². The zero-order valence-corrected chi connectivity index (χ0v) is 12.2. The Balaban J connectivity index is 2.04. The van der Waals surface area contributed by atoms with E-state index < -0.39 is 5.97 Å².